The summed E-state index contributed by atoms with van der Waals surface area (Å²) >= 11 is 1.12. The number of amides is 2. The summed E-state index contributed by atoms with van der Waals surface area (Å²) in [5.41, 5.74) is 4.03. The number of fused-ring (bicyclic) bond motifs is 6. The van der Waals surface area contributed by atoms with E-state index in [1.165, 1.54) is 13.8 Å². The van der Waals surface area contributed by atoms with Crippen LogP contribution in [-0.4, -0.2) is 126 Å². The van der Waals surface area contributed by atoms with Gasteiger partial charge in [0.05, 0.1) is 39.6 Å². The third kappa shape index (κ3) is 13.7. The number of aromatic nitrogens is 4. The van der Waals surface area contributed by atoms with E-state index in [0.717, 1.165) is 80.4 Å². The van der Waals surface area contributed by atoms with Crippen LogP contribution in [0.5, 0.6) is 0 Å². The summed E-state index contributed by atoms with van der Waals surface area (Å²) in [6, 6.07) is 0. The largest absolute Gasteiger partial charge is 0.790 e. The van der Waals surface area contributed by atoms with Gasteiger partial charge in [-0.25, -0.2) is 19.3 Å². The van der Waals surface area contributed by atoms with Gasteiger partial charge in [0.15, 0.2) is 22.8 Å². The Balaban J connectivity index is 0.780. The maximum atomic E-state index is 13.0. The second kappa shape index (κ2) is 23.7. The maximum absolute atomic E-state index is 13.0. The Morgan fingerprint density at radius 3 is 2.40 bits per heavy atom. The van der Waals surface area contributed by atoms with Crippen molar-refractivity contribution in [2.45, 2.75) is 148 Å². The lowest BCUT2D eigenvalue weighted by Crippen LogP contribution is -2.58. The van der Waals surface area contributed by atoms with Crippen LogP contribution in [0.2, 0.25) is 0 Å². The Kier molecular flexibility index (Phi) is 19.0. The first-order chi connectivity index (χ1) is 35.0. The fourth-order valence-corrected chi connectivity index (χ4v) is 16.5. The Morgan fingerprint density at radius 2 is 1.68 bits per heavy atom. The van der Waals surface area contributed by atoms with E-state index in [9.17, 15) is 68.1 Å². The molecule has 1 aliphatic heterocycles. The van der Waals surface area contributed by atoms with E-state index in [1.807, 2.05) is 0 Å². The number of nitrogens with two attached hydrogens (primary N) is 1. The van der Waals surface area contributed by atoms with Crippen LogP contribution in [0.3, 0.4) is 0 Å². The number of imidazole rings is 1. The Bertz CT molecular complexity index is 2530. The van der Waals surface area contributed by atoms with E-state index in [-0.39, 0.29) is 64.5 Å². The normalized spacial score (nSPS) is 34.3. The molecule has 2 aromatic heterocycles. The third-order valence-electron chi connectivity index (χ3n) is 17.0. The number of phosphoric acid groups is 3. The number of hydrogen-bond donors (Lipinski definition) is 7. The molecule has 30 heteroatoms. The van der Waals surface area contributed by atoms with Crippen molar-refractivity contribution < 1.29 is 90.7 Å². The van der Waals surface area contributed by atoms with Crippen molar-refractivity contribution in [2.75, 3.05) is 37.8 Å². The molecule has 5 fully saturated rings. The topological polar surface area (TPSA) is 415 Å². The molecule has 0 spiro atoms. The number of thioether (sulfide) groups is 1. The minimum Gasteiger partial charge on any atom is -0.790 e. The molecule has 17 atom stereocenters. The predicted octanol–water partition coefficient (Wildman–Crippen LogP) is 0.544. The molecule has 26 nitrogen and oxygen atoms in total. The number of anilines is 1. The van der Waals surface area contributed by atoms with Crippen molar-refractivity contribution >= 4 is 69.1 Å². The van der Waals surface area contributed by atoms with Gasteiger partial charge < -0.3 is 79.2 Å². The highest BCUT2D eigenvalue weighted by Gasteiger charge is 2.64. The van der Waals surface area contributed by atoms with Crippen LogP contribution in [-0.2, 0) is 50.7 Å². The summed E-state index contributed by atoms with van der Waals surface area (Å²) in [6.07, 6.45) is 0.757. The molecule has 0 radical (unpaired) electrons. The van der Waals surface area contributed by atoms with Crippen LogP contribution in [0.4, 0.5) is 5.82 Å². The predicted molar refractivity (Wildman–Crippen MR) is 259 cm³/mol. The highest BCUT2D eigenvalue weighted by molar-refractivity contribution is 8.13. The van der Waals surface area contributed by atoms with Gasteiger partial charge in [0.25, 0.3) is 15.6 Å². The average Bonchev–Trinajstić information content (AvgIpc) is 4.01. The van der Waals surface area contributed by atoms with Gasteiger partial charge in [-0.15, -0.1) is 0 Å². The molecule has 5 aliphatic rings. The van der Waals surface area contributed by atoms with Crippen molar-refractivity contribution in [3.05, 3.63) is 12.7 Å². The average molecular weight is 1140 g/mol. The molecule has 8 N–H and O–H groups in total. The monoisotopic (exact) mass is 1140 g/mol. The first-order valence-electron chi connectivity index (χ1n) is 25.3. The number of nitrogens with zero attached hydrogens (tertiary/aromatic N) is 4. The fraction of sp³-hybridized carbons (Fsp3) is 0.822. The van der Waals surface area contributed by atoms with Crippen LogP contribution < -0.4 is 35.9 Å². The lowest BCUT2D eigenvalue weighted by atomic mass is 9.43. The number of nitrogen functional groups attached to an aromatic ring is 1. The molecule has 2 amide bonds. The molecule has 424 valence electrons. The zero-order chi connectivity index (χ0) is 55.1. The van der Waals surface area contributed by atoms with Crippen molar-refractivity contribution in [2.24, 2.45) is 51.8 Å². The zero-order valence-corrected chi connectivity index (χ0v) is 46.0. The molecular weight excluding hydrogens is 1070 g/mol. The second-order valence-corrected chi connectivity index (χ2v) is 27.3. The van der Waals surface area contributed by atoms with E-state index in [0.29, 0.717) is 48.2 Å². The molecule has 1 saturated heterocycles. The van der Waals surface area contributed by atoms with Gasteiger partial charge in [-0.05, 0) is 104 Å². The number of hydrogen-bond acceptors (Lipinski definition) is 24. The van der Waals surface area contributed by atoms with Crippen LogP contribution in [0.15, 0.2) is 12.7 Å². The Labute approximate surface area is 438 Å². The fourth-order valence-electron chi connectivity index (χ4n) is 13.1. The minimum atomic E-state index is -5.94. The van der Waals surface area contributed by atoms with Gasteiger partial charge in [0.1, 0.15) is 36.3 Å². The van der Waals surface area contributed by atoms with Gasteiger partial charge in [0.2, 0.25) is 11.8 Å². The number of ether oxygens (including phenoxy) is 1. The van der Waals surface area contributed by atoms with E-state index in [2.05, 4.69) is 64.2 Å². The highest BCUT2D eigenvalue weighted by atomic mass is 32.2. The molecule has 75 heavy (non-hydrogen) atoms. The molecule has 3 unspecified atom stereocenters. The zero-order valence-electron chi connectivity index (χ0n) is 42.5. The van der Waals surface area contributed by atoms with Crippen molar-refractivity contribution in [3.8, 4) is 0 Å². The van der Waals surface area contributed by atoms with Crippen LogP contribution in [0, 0.1) is 51.8 Å². The number of aliphatic hydroxyl groups excluding tert-OH is 4. The molecule has 3 heterocycles. The summed E-state index contributed by atoms with van der Waals surface area (Å²) < 4.78 is 61.1. The van der Waals surface area contributed by atoms with Crippen LogP contribution >= 0.6 is 35.2 Å². The highest BCUT2D eigenvalue weighted by Crippen LogP contribution is 2.68. The van der Waals surface area contributed by atoms with Crippen LogP contribution in [0.1, 0.15) is 111 Å². The standard InChI is InChI=1S/C45H74N7O19P3S/c1-24(28-9-10-29-27-8-7-25-18-26(53)12-14-44(25,4)30(27)19-32(54)45(28,29)5)6-11-34(56)75-17-16-47-33(55)13-15-48-41(59)38(58)43(2,3)21-68-74(65,66)71-73(63,64)67-20-31-37(70-72(60,61)62)36(57)42(69-31)52-23-51-35-39(46)49-22-50-40(35)52/h22-32,36-38,42,53-54,57-58H,6-21H2,1-5H3,(H,47,55)(H,48,59)(H,63,64)(H,65,66)(H2,46,49,50)(H2,60,61,62)/p-4/t24-,25-,26-,27+,28?,29+,30+,31-,32+,36-,37-,38+,42-,44+,45-/m1/s1. The molecule has 7 rings (SSSR count). The smallest absolute Gasteiger partial charge is 0.274 e. The summed E-state index contributed by atoms with van der Waals surface area (Å²) in [7, 11) is -17.7. The van der Waals surface area contributed by atoms with E-state index < -0.39 is 90.7 Å². The first-order valence-corrected chi connectivity index (χ1v) is 30.7. The van der Waals surface area contributed by atoms with Gasteiger partial charge in [-0.3, -0.25) is 28.1 Å². The van der Waals surface area contributed by atoms with Gasteiger partial charge in [-0.2, -0.15) is 0 Å². The molecule has 2 aromatic rings. The number of phosphoric ester groups is 3. The lowest BCUT2D eigenvalue weighted by Gasteiger charge is -2.62. The number of aliphatic hydroxyl groups is 4. The SMILES string of the molecule is C[C@H](CCC(=O)SCCNC(=O)CCNC(=O)[C@H](O)C(C)(C)COP(=O)([O-])OP(=O)([O-])OC[C@H]1O[C@@H](n2cnc3c(N)ncnc32)[C@H](O)[C@@H]1OP(=O)([O-])[O-])C1CC[C@H]2[C@@H]3CC[C@@H]4C[C@H](O)CC[C@]4(C)[C@H]3C[C@H](O)[C@]12C. The number of rotatable bonds is 23. The van der Waals surface area contributed by atoms with E-state index >= 15 is 0 Å². The number of carbonyl (C=O) groups is 3. The van der Waals surface area contributed by atoms with Crippen molar-refractivity contribution in [1.82, 2.24) is 30.2 Å². The van der Waals surface area contributed by atoms with Crippen molar-refractivity contribution in [1.29, 1.82) is 0 Å². The summed E-state index contributed by atoms with van der Waals surface area (Å²) in [6.45, 7) is 6.97. The lowest BCUT2D eigenvalue weighted by molar-refractivity contribution is -0.347. The Morgan fingerprint density at radius 1 is 0.960 bits per heavy atom. The summed E-state index contributed by atoms with van der Waals surface area (Å²) in [4.78, 5) is 98.3. The molecular formula is C45H70N7O19P3S-4. The molecule has 0 aromatic carbocycles. The first kappa shape index (κ1) is 60.1. The molecule has 4 saturated carbocycles. The summed E-state index contributed by atoms with van der Waals surface area (Å²) in [5, 5.41) is 48.9. The molecule has 0 bridgehead atoms. The number of nitrogens with one attached hydrogen (secondary N) is 2. The minimum absolute atomic E-state index is 0.00594. The Hall–Kier alpha value is -2.52. The maximum Gasteiger partial charge on any atom is 0.274 e. The second-order valence-electron chi connectivity index (χ2n) is 22.1. The molecule has 4 aliphatic carbocycles. The van der Waals surface area contributed by atoms with Gasteiger partial charge in [0, 0.05) is 37.1 Å². The summed E-state index contributed by atoms with van der Waals surface area (Å²) in [5.74, 6) is 1.33. The number of carbonyl (C=O) groups excluding carboxylic acids is 3. The van der Waals surface area contributed by atoms with Gasteiger partial charge in [-0.1, -0.05) is 46.4 Å². The van der Waals surface area contributed by atoms with Crippen molar-refractivity contribution in [3.63, 3.8) is 0 Å². The van der Waals surface area contributed by atoms with Crippen LogP contribution in [0.25, 0.3) is 11.2 Å². The third-order valence-corrected chi connectivity index (χ3v) is 21.0. The van der Waals surface area contributed by atoms with E-state index in [4.69, 9.17) is 10.5 Å². The van der Waals surface area contributed by atoms with Gasteiger partial charge >= 0.3 is 0 Å². The quantitative estimate of drug-likeness (QED) is 0.0590. The van der Waals surface area contributed by atoms with E-state index in [1.54, 1.807) is 0 Å².